The zero-order chi connectivity index (χ0) is 12.5. The molecule has 1 aromatic rings. The van der Waals surface area contributed by atoms with Crippen LogP contribution in [0, 0.1) is 0 Å². The van der Waals surface area contributed by atoms with E-state index in [-0.39, 0.29) is 0 Å². The second kappa shape index (κ2) is 8.14. The Morgan fingerprint density at radius 1 is 1.24 bits per heavy atom. The van der Waals surface area contributed by atoms with Gasteiger partial charge in [-0.1, -0.05) is 49.3 Å². The highest BCUT2D eigenvalue weighted by Crippen LogP contribution is 2.13. The Labute approximate surface area is 108 Å². The molecule has 0 heterocycles. The van der Waals surface area contributed by atoms with E-state index in [1.807, 2.05) is 30.3 Å². The minimum atomic E-state index is 0.692. The van der Waals surface area contributed by atoms with Gasteiger partial charge in [-0.3, -0.25) is 0 Å². The lowest BCUT2D eigenvalue weighted by molar-refractivity contribution is 0.320. The van der Waals surface area contributed by atoms with Gasteiger partial charge in [-0.2, -0.15) is 0 Å². The maximum Gasteiger partial charge on any atom is 0.143 e. The molecule has 0 fully saturated rings. The number of thioether (sulfide) groups is 1. The van der Waals surface area contributed by atoms with Crippen LogP contribution in [0.15, 0.2) is 35.5 Å². The second-order valence-corrected chi connectivity index (χ2v) is 4.73. The molecule has 1 aromatic carbocycles. The minimum absolute atomic E-state index is 0.692. The Kier molecular flexibility index (Phi) is 6.74. The molecule has 0 aliphatic heterocycles. The van der Waals surface area contributed by atoms with Crippen LogP contribution < -0.4 is 0 Å². The molecule has 0 saturated heterocycles. The zero-order valence-electron chi connectivity index (χ0n) is 10.5. The van der Waals surface area contributed by atoms with Crippen molar-refractivity contribution >= 4 is 16.8 Å². The van der Waals surface area contributed by atoms with Gasteiger partial charge in [0.2, 0.25) is 0 Å². The van der Waals surface area contributed by atoms with Gasteiger partial charge in [0.25, 0.3) is 0 Å². The first-order valence-corrected chi connectivity index (χ1v) is 6.93. The van der Waals surface area contributed by atoms with Gasteiger partial charge < -0.3 is 10.1 Å². The van der Waals surface area contributed by atoms with Gasteiger partial charge >= 0.3 is 0 Å². The van der Waals surface area contributed by atoms with Gasteiger partial charge in [-0.05, 0) is 13.1 Å². The van der Waals surface area contributed by atoms with Crippen molar-refractivity contribution < 1.29 is 5.21 Å². The maximum absolute atomic E-state index is 9.01. The molecule has 17 heavy (non-hydrogen) atoms. The highest BCUT2D eigenvalue weighted by Gasteiger charge is 2.05. The van der Waals surface area contributed by atoms with Gasteiger partial charge in [-0.25, -0.2) is 0 Å². The summed E-state index contributed by atoms with van der Waals surface area (Å²) in [4.78, 5) is 2.35. The second-order valence-electron chi connectivity index (χ2n) is 3.65. The van der Waals surface area contributed by atoms with Crippen molar-refractivity contribution in [3.63, 3.8) is 0 Å². The van der Waals surface area contributed by atoms with Gasteiger partial charge in [0, 0.05) is 17.9 Å². The molecule has 1 rings (SSSR count). The summed E-state index contributed by atoms with van der Waals surface area (Å²) in [6.07, 6.45) is 0. The summed E-state index contributed by atoms with van der Waals surface area (Å²) in [6.45, 7) is 7.46. The molecule has 0 aromatic heterocycles. The molecular weight excluding hydrogens is 232 g/mol. The van der Waals surface area contributed by atoms with E-state index >= 15 is 0 Å². The van der Waals surface area contributed by atoms with Crippen LogP contribution in [0.5, 0.6) is 0 Å². The van der Waals surface area contributed by atoms with Crippen molar-refractivity contribution in [2.24, 2.45) is 5.16 Å². The van der Waals surface area contributed by atoms with Crippen molar-refractivity contribution in [1.29, 1.82) is 0 Å². The predicted octanol–water partition coefficient (Wildman–Crippen LogP) is 2.90. The molecule has 0 radical (unpaired) electrons. The maximum atomic E-state index is 9.01. The van der Waals surface area contributed by atoms with Crippen LogP contribution in [0.3, 0.4) is 0 Å². The lowest BCUT2D eigenvalue weighted by Gasteiger charge is -2.17. The summed E-state index contributed by atoms with van der Waals surface area (Å²) >= 11 is 1.59. The van der Waals surface area contributed by atoms with Crippen molar-refractivity contribution in [3.8, 4) is 0 Å². The smallest absolute Gasteiger partial charge is 0.143 e. The highest BCUT2D eigenvalue weighted by molar-refractivity contribution is 8.14. The molecule has 4 heteroatoms. The van der Waals surface area contributed by atoms with Crippen LogP contribution in [0.25, 0.3) is 0 Å². The molecule has 0 bridgehead atoms. The van der Waals surface area contributed by atoms with Crippen molar-refractivity contribution in [3.05, 3.63) is 35.9 Å². The van der Waals surface area contributed by atoms with Crippen LogP contribution in [0.2, 0.25) is 0 Å². The van der Waals surface area contributed by atoms with Crippen molar-refractivity contribution in [1.82, 2.24) is 4.90 Å². The molecule has 0 atom stereocenters. The first kappa shape index (κ1) is 14.1. The van der Waals surface area contributed by atoms with Gasteiger partial charge in [0.15, 0.2) is 0 Å². The first-order chi connectivity index (χ1) is 8.31. The highest BCUT2D eigenvalue weighted by atomic mass is 32.2. The van der Waals surface area contributed by atoms with E-state index in [0.717, 1.165) is 31.0 Å². The molecule has 0 saturated carbocycles. The fourth-order valence-electron chi connectivity index (χ4n) is 1.56. The number of hydrogen-bond acceptors (Lipinski definition) is 4. The lowest BCUT2D eigenvalue weighted by atomic mass is 10.2. The SMILES string of the molecule is CCN(CC)CCS/C(=N/O)c1ccccc1. The molecule has 3 nitrogen and oxygen atoms in total. The van der Waals surface area contributed by atoms with Crippen LogP contribution >= 0.6 is 11.8 Å². The number of nitrogens with zero attached hydrogens (tertiary/aromatic N) is 2. The molecule has 0 unspecified atom stereocenters. The van der Waals surface area contributed by atoms with Crippen LogP contribution in [0.1, 0.15) is 19.4 Å². The summed E-state index contributed by atoms with van der Waals surface area (Å²) in [6, 6.07) is 9.77. The number of oxime groups is 1. The Balaban J connectivity index is 2.45. The largest absolute Gasteiger partial charge is 0.410 e. The fourth-order valence-corrected chi connectivity index (χ4v) is 2.47. The number of benzene rings is 1. The summed E-state index contributed by atoms with van der Waals surface area (Å²) in [5.41, 5.74) is 0.972. The van der Waals surface area contributed by atoms with E-state index < -0.39 is 0 Å². The van der Waals surface area contributed by atoms with Crippen molar-refractivity contribution in [2.45, 2.75) is 13.8 Å². The zero-order valence-corrected chi connectivity index (χ0v) is 11.3. The molecule has 0 amide bonds. The van der Waals surface area contributed by atoms with E-state index in [9.17, 15) is 0 Å². The van der Waals surface area contributed by atoms with Crippen LogP contribution in [0.4, 0.5) is 0 Å². The van der Waals surface area contributed by atoms with Crippen LogP contribution in [-0.2, 0) is 0 Å². The Bertz CT molecular complexity index is 337. The summed E-state index contributed by atoms with van der Waals surface area (Å²) < 4.78 is 0. The van der Waals surface area contributed by atoms with Gasteiger partial charge in [0.1, 0.15) is 5.04 Å². The van der Waals surface area contributed by atoms with Gasteiger partial charge in [0.05, 0.1) is 0 Å². The number of rotatable bonds is 6. The van der Waals surface area contributed by atoms with Gasteiger partial charge in [-0.15, -0.1) is 11.8 Å². The fraction of sp³-hybridized carbons (Fsp3) is 0.462. The minimum Gasteiger partial charge on any atom is -0.410 e. The molecule has 0 aliphatic carbocycles. The Hall–Kier alpha value is -1.00. The first-order valence-electron chi connectivity index (χ1n) is 5.94. The Morgan fingerprint density at radius 3 is 2.41 bits per heavy atom. The van der Waals surface area contributed by atoms with Crippen molar-refractivity contribution in [2.75, 3.05) is 25.4 Å². The van der Waals surface area contributed by atoms with E-state index in [4.69, 9.17) is 5.21 Å². The normalized spacial score (nSPS) is 12.1. The molecule has 1 N–H and O–H groups in total. The molecule has 0 spiro atoms. The van der Waals surface area contributed by atoms with E-state index in [1.165, 1.54) is 0 Å². The molecular formula is C13H20N2OS. The Morgan fingerprint density at radius 2 is 1.88 bits per heavy atom. The standard InChI is InChI=1S/C13H20N2OS/c1-3-15(4-2)10-11-17-13(14-16)12-8-6-5-7-9-12/h5-9,16H,3-4,10-11H2,1-2H3/b14-13+. The summed E-state index contributed by atoms with van der Waals surface area (Å²) in [5.74, 6) is 0.940. The van der Waals surface area contributed by atoms with Crippen LogP contribution in [-0.4, -0.2) is 40.5 Å². The quantitative estimate of drug-likeness (QED) is 0.366. The van der Waals surface area contributed by atoms with E-state index in [2.05, 4.69) is 23.9 Å². The average molecular weight is 252 g/mol. The summed E-state index contributed by atoms with van der Waals surface area (Å²) in [5, 5.41) is 13.1. The summed E-state index contributed by atoms with van der Waals surface area (Å²) in [7, 11) is 0. The third-order valence-corrected chi connectivity index (χ3v) is 3.63. The lowest BCUT2D eigenvalue weighted by Crippen LogP contribution is -2.25. The topological polar surface area (TPSA) is 35.8 Å². The third-order valence-electron chi connectivity index (χ3n) is 2.65. The number of hydrogen-bond donors (Lipinski definition) is 1. The van der Waals surface area contributed by atoms with E-state index in [1.54, 1.807) is 11.8 Å². The predicted molar refractivity (Wildman–Crippen MR) is 75.0 cm³/mol. The monoisotopic (exact) mass is 252 g/mol. The molecule has 94 valence electrons. The van der Waals surface area contributed by atoms with E-state index in [0.29, 0.717) is 5.04 Å². The molecule has 0 aliphatic rings. The third kappa shape index (κ3) is 4.79. The average Bonchev–Trinajstić information content (AvgIpc) is 2.40.